The van der Waals surface area contributed by atoms with Crippen LogP contribution in [-0.4, -0.2) is 40.4 Å². The number of aromatic nitrogens is 2. The molecule has 0 atom stereocenters. The molecule has 0 radical (unpaired) electrons. The Morgan fingerprint density at radius 1 is 1.16 bits per heavy atom. The van der Waals surface area contributed by atoms with Crippen LogP contribution in [0.3, 0.4) is 0 Å². The van der Waals surface area contributed by atoms with Gasteiger partial charge in [-0.05, 0) is 19.9 Å². The molecule has 0 aliphatic rings. The summed E-state index contributed by atoms with van der Waals surface area (Å²) in [4.78, 5) is 31.0. The number of rotatable bonds is 8. The molecule has 1 heterocycles. The monoisotopic (exact) mass is 344 g/mol. The molecule has 1 aromatic heterocycles. The van der Waals surface area contributed by atoms with E-state index in [1.165, 1.54) is 18.2 Å². The predicted octanol–water partition coefficient (Wildman–Crippen LogP) is 1.97. The van der Waals surface area contributed by atoms with Gasteiger partial charge in [0.2, 0.25) is 0 Å². The predicted molar refractivity (Wildman–Crippen MR) is 94.9 cm³/mol. The summed E-state index contributed by atoms with van der Waals surface area (Å²) in [5.74, 6) is 1.51. The van der Waals surface area contributed by atoms with Crippen LogP contribution in [0, 0.1) is 17.0 Å². The molecule has 1 amide bonds. The number of benzene rings is 1. The van der Waals surface area contributed by atoms with Gasteiger partial charge in [0.1, 0.15) is 23.0 Å². The van der Waals surface area contributed by atoms with Crippen molar-refractivity contribution in [3.8, 4) is 0 Å². The van der Waals surface area contributed by atoms with Crippen molar-refractivity contribution in [2.45, 2.75) is 13.8 Å². The van der Waals surface area contributed by atoms with Crippen molar-refractivity contribution in [3.63, 3.8) is 0 Å². The zero-order valence-electron chi connectivity index (χ0n) is 14.1. The number of anilines is 2. The number of nitro groups is 1. The molecule has 0 aliphatic heterocycles. The second-order valence-corrected chi connectivity index (χ2v) is 5.17. The average molecular weight is 344 g/mol. The SMILES string of the molecule is CCNc1cc(NCCNC(=O)c2ccccc2[N+](=O)[O-])nc(C)n1. The lowest BCUT2D eigenvalue weighted by molar-refractivity contribution is -0.385. The van der Waals surface area contributed by atoms with Gasteiger partial charge < -0.3 is 16.0 Å². The minimum Gasteiger partial charge on any atom is -0.370 e. The Bertz CT molecular complexity index is 765. The number of amides is 1. The molecule has 0 bridgehead atoms. The van der Waals surface area contributed by atoms with Crippen molar-refractivity contribution in [1.82, 2.24) is 15.3 Å². The Morgan fingerprint density at radius 2 is 1.84 bits per heavy atom. The van der Waals surface area contributed by atoms with Gasteiger partial charge in [0.25, 0.3) is 11.6 Å². The highest BCUT2D eigenvalue weighted by atomic mass is 16.6. The summed E-state index contributed by atoms with van der Waals surface area (Å²) in [6.45, 7) is 5.24. The molecule has 0 fully saturated rings. The number of hydrogen-bond acceptors (Lipinski definition) is 7. The number of nitro benzene ring substituents is 1. The first-order valence-corrected chi connectivity index (χ1v) is 7.86. The summed E-state index contributed by atoms with van der Waals surface area (Å²) in [7, 11) is 0. The van der Waals surface area contributed by atoms with Crippen LogP contribution >= 0.6 is 0 Å². The van der Waals surface area contributed by atoms with Crippen LogP contribution in [0.1, 0.15) is 23.1 Å². The maximum Gasteiger partial charge on any atom is 0.282 e. The number of hydrogen-bond donors (Lipinski definition) is 3. The van der Waals surface area contributed by atoms with Crippen LogP contribution in [-0.2, 0) is 0 Å². The number of carbonyl (C=O) groups excluding carboxylic acids is 1. The van der Waals surface area contributed by atoms with Gasteiger partial charge in [0, 0.05) is 31.8 Å². The molecule has 25 heavy (non-hydrogen) atoms. The molecular formula is C16H20N6O3. The van der Waals surface area contributed by atoms with E-state index < -0.39 is 10.8 Å². The average Bonchev–Trinajstić information content (AvgIpc) is 2.58. The molecule has 2 rings (SSSR count). The van der Waals surface area contributed by atoms with Crippen LogP contribution in [0.4, 0.5) is 17.3 Å². The summed E-state index contributed by atoms with van der Waals surface area (Å²) in [5.41, 5.74) is -0.172. The molecular weight excluding hydrogens is 324 g/mol. The molecule has 0 saturated carbocycles. The molecule has 9 nitrogen and oxygen atoms in total. The summed E-state index contributed by atoms with van der Waals surface area (Å²) in [5, 5.41) is 19.8. The van der Waals surface area contributed by atoms with E-state index in [-0.39, 0.29) is 11.3 Å². The van der Waals surface area contributed by atoms with Crippen LogP contribution in [0.25, 0.3) is 0 Å². The number of aryl methyl sites for hydroxylation is 1. The van der Waals surface area contributed by atoms with Crippen molar-refractivity contribution < 1.29 is 9.72 Å². The molecule has 2 aromatic rings. The Hall–Kier alpha value is -3.23. The lowest BCUT2D eigenvalue weighted by atomic mass is 10.1. The molecule has 3 N–H and O–H groups in total. The second-order valence-electron chi connectivity index (χ2n) is 5.17. The lowest BCUT2D eigenvalue weighted by Crippen LogP contribution is -2.29. The number of nitrogens with zero attached hydrogens (tertiary/aromatic N) is 3. The minimum absolute atomic E-state index is 0.0415. The summed E-state index contributed by atoms with van der Waals surface area (Å²) in [6, 6.07) is 7.62. The van der Waals surface area contributed by atoms with E-state index in [4.69, 9.17) is 0 Å². The number of para-hydroxylation sites is 1. The third kappa shape index (κ3) is 5.13. The van der Waals surface area contributed by atoms with E-state index in [0.29, 0.717) is 24.7 Å². The van der Waals surface area contributed by atoms with Crippen LogP contribution in [0.15, 0.2) is 30.3 Å². The van der Waals surface area contributed by atoms with Crippen molar-refractivity contribution in [2.24, 2.45) is 0 Å². The minimum atomic E-state index is -0.570. The van der Waals surface area contributed by atoms with Gasteiger partial charge in [-0.3, -0.25) is 14.9 Å². The van der Waals surface area contributed by atoms with Gasteiger partial charge in [-0.2, -0.15) is 0 Å². The van der Waals surface area contributed by atoms with E-state index >= 15 is 0 Å². The third-order valence-electron chi connectivity index (χ3n) is 3.26. The van der Waals surface area contributed by atoms with Crippen LogP contribution < -0.4 is 16.0 Å². The van der Waals surface area contributed by atoms with Gasteiger partial charge in [-0.15, -0.1) is 0 Å². The molecule has 0 aliphatic carbocycles. The zero-order valence-corrected chi connectivity index (χ0v) is 14.1. The molecule has 0 saturated heterocycles. The highest BCUT2D eigenvalue weighted by molar-refractivity contribution is 5.98. The van der Waals surface area contributed by atoms with E-state index in [1.807, 2.05) is 6.92 Å². The molecule has 9 heteroatoms. The van der Waals surface area contributed by atoms with Crippen molar-refractivity contribution in [2.75, 3.05) is 30.3 Å². The first-order chi connectivity index (χ1) is 12.0. The summed E-state index contributed by atoms with van der Waals surface area (Å²) >= 11 is 0. The van der Waals surface area contributed by atoms with E-state index in [0.717, 1.165) is 12.4 Å². The third-order valence-corrected chi connectivity index (χ3v) is 3.26. The van der Waals surface area contributed by atoms with Gasteiger partial charge >= 0.3 is 0 Å². The maximum absolute atomic E-state index is 12.1. The lowest BCUT2D eigenvalue weighted by Gasteiger charge is -2.10. The molecule has 0 unspecified atom stereocenters. The van der Waals surface area contributed by atoms with E-state index in [9.17, 15) is 14.9 Å². The van der Waals surface area contributed by atoms with Crippen LogP contribution in [0.2, 0.25) is 0 Å². The molecule has 1 aromatic carbocycles. The van der Waals surface area contributed by atoms with E-state index in [1.54, 1.807) is 19.1 Å². The topological polar surface area (TPSA) is 122 Å². The fourth-order valence-electron chi connectivity index (χ4n) is 2.22. The van der Waals surface area contributed by atoms with Crippen molar-refractivity contribution in [3.05, 3.63) is 51.8 Å². The van der Waals surface area contributed by atoms with Crippen molar-refractivity contribution in [1.29, 1.82) is 0 Å². The highest BCUT2D eigenvalue weighted by Gasteiger charge is 2.18. The second kappa shape index (κ2) is 8.57. The van der Waals surface area contributed by atoms with Gasteiger partial charge in [-0.1, -0.05) is 12.1 Å². The van der Waals surface area contributed by atoms with Crippen molar-refractivity contribution >= 4 is 23.2 Å². The van der Waals surface area contributed by atoms with Gasteiger partial charge in [0.05, 0.1) is 4.92 Å². The Kier molecular flexibility index (Phi) is 6.21. The first-order valence-electron chi connectivity index (χ1n) is 7.86. The Labute approximate surface area is 145 Å². The standard InChI is InChI=1S/C16H20N6O3/c1-3-17-14-10-15(21-11(2)20-14)18-8-9-19-16(23)12-6-4-5-7-13(12)22(24)25/h4-7,10H,3,8-9H2,1-2H3,(H,19,23)(H2,17,18,20,21). The van der Waals surface area contributed by atoms with Gasteiger partial charge in [0.15, 0.2) is 0 Å². The fraction of sp³-hybridized carbons (Fsp3) is 0.312. The first kappa shape index (κ1) is 18.1. The van der Waals surface area contributed by atoms with E-state index in [2.05, 4.69) is 25.9 Å². The largest absolute Gasteiger partial charge is 0.370 e. The summed E-state index contributed by atoms with van der Waals surface area (Å²) in [6.07, 6.45) is 0. The smallest absolute Gasteiger partial charge is 0.282 e. The normalized spacial score (nSPS) is 10.2. The molecule has 0 spiro atoms. The number of nitrogens with one attached hydrogen (secondary N) is 3. The summed E-state index contributed by atoms with van der Waals surface area (Å²) < 4.78 is 0. The Balaban J connectivity index is 1.89. The number of carbonyl (C=O) groups is 1. The highest BCUT2D eigenvalue weighted by Crippen LogP contribution is 2.17. The zero-order chi connectivity index (χ0) is 18.2. The Morgan fingerprint density at radius 3 is 2.52 bits per heavy atom. The quantitative estimate of drug-likeness (QED) is 0.380. The van der Waals surface area contributed by atoms with Gasteiger partial charge in [-0.25, -0.2) is 9.97 Å². The van der Waals surface area contributed by atoms with Crippen LogP contribution in [0.5, 0.6) is 0 Å². The fourth-order valence-corrected chi connectivity index (χ4v) is 2.22. The molecule has 132 valence electrons. The maximum atomic E-state index is 12.1.